The van der Waals surface area contributed by atoms with Crippen molar-refractivity contribution in [3.63, 3.8) is 0 Å². The summed E-state index contributed by atoms with van der Waals surface area (Å²) >= 11 is 6.11. The highest BCUT2D eigenvalue weighted by atomic mass is 35.5. The molecule has 0 fully saturated rings. The van der Waals surface area contributed by atoms with Crippen molar-refractivity contribution in [3.05, 3.63) is 82.4 Å². The number of carbonyl (C=O) groups excluding carboxylic acids is 2. The molecule has 0 aliphatic carbocycles. The fourth-order valence-corrected chi connectivity index (χ4v) is 3.07. The van der Waals surface area contributed by atoms with E-state index in [0.29, 0.717) is 39.0 Å². The van der Waals surface area contributed by atoms with Crippen molar-refractivity contribution in [3.8, 4) is 11.5 Å². The third-order valence-electron chi connectivity index (χ3n) is 4.51. The first-order chi connectivity index (χ1) is 14.4. The zero-order valence-corrected chi connectivity index (χ0v) is 17.5. The highest BCUT2D eigenvalue weighted by Crippen LogP contribution is 2.36. The summed E-state index contributed by atoms with van der Waals surface area (Å²) in [7, 11) is 2.97. The Labute approximate surface area is 179 Å². The molecule has 7 heteroatoms. The number of halogens is 1. The Morgan fingerprint density at radius 2 is 1.40 bits per heavy atom. The lowest BCUT2D eigenvalue weighted by molar-refractivity contribution is 0.101. The highest BCUT2D eigenvalue weighted by Gasteiger charge is 2.15. The van der Waals surface area contributed by atoms with Crippen molar-refractivity contribution in [1.29, 1.82) is 0 Å². The predicted molar refractivity (Wildman–Crippen MR) is 118 cm³/mol. The Bertz CT molecular complexity index is 1080. The standard InChI is InChI=1S/C23H21ClN2O4/c1-14-9-10-16(11-18(14)25-22(27)15-7-5-4-6-8-15)23(28)26-19-13-20(29-2)17(24)12-21(19)30-3/h4-13H,1-3H3,(H,25,27)(H,26,28). The van der Waals surface area contributed by atoms with Crippen LogP contribution in [-0.2, 0) is 0 Å². The Kier molecular flexibility index (Phi) is 6.59. The summed E-state index contributed by atoms with van der Waals surface area (Å²) in [6, 6.07) is 17.1. The van der Waals surface area contributed by atoms with Crippen LogP contribution in [-0.4, -0.2) is 26.0 Å². The number of hydrogen-bond acceptors (Lipinski definition) is 4. The van der Waals surface area contributed by atoms with Gasteiger partial charge >= 0.3 is 0 Å². The number of carbonyl (C=O) groups is 2. The first kappa shape index (κ1) is 21.2. The first-order valence-electron chi connectivity index (χ1n) is 9.13. The third-order valence-corrected chi connectivity index (χ3v) is 4.80. The average Bonchev–Trinajstić information content (AvgIpc) is 2.76. The van der Waals surface area contributed by atoms with Gasteiger partial charge in [0, 0.05) is 28.9 Å². The van der Waals surface area contributed by atoms with Crippen molar-refractivity contribution < 1.29 is 19.1 Å². The number of aryl methyl sites for hydroxylation is 1. The minimum absolute atomic E-state index is 0.250. The van der Waals surface area contributed by atoms with Crippen LogP contribution in [0.2, 0.25) is 5.02 Å². The second-order valence-electron chi connectivity index (χ2n) is 6.49. The van der Waals surface area contributed by atoms with Gasteiger partial charge in [-0.15, -0.1) is 0 Å². The maximum atomic E-state index is 12.8. The third kappa shape index (κ3) is 4.72. The van der Waals surface area contributed by atoms with E-state index < -0.39 is 0 Å². The Hall–Kier alpha value is -3.51. The van der Waals surface area contributed by atoms with E-state index in [4.69, 9.17) is 21.1 Å². The Morgan fingerprint density at radius 1 is 0.767 bits per heavy atom. The molecule has 2 N–H and O–H groups in total. The number of amides is 2. The molecule has 3 rings (SSSR count). The van der Waals surface area contributed by atoms with Crippen molar-refractivity contribution in [1.82, 2.24) is 0 Å². The number of ether oxygens (including phenoxy) is 2. The van der Waals surface area contributed by atoms with Gasteiger partial charge in [-0.05, 0) is 36.8 Å². The quantitative estimate of drug-likeness (QED) is 0.572. The average molecular weight is 425 g/mol. The lowest BCUT2D eigenvalue weighted by Gasteiger charge is -2.14. The zero-order valence-electron chi connectivity index (χ0n) is 16.8. The Balaban J connectivity index is 1.84. The molecular formula is C23H21ClN2O4. The predicted octanol–water partition coefficient (Wildman–Crippen LogP) is 5.17. The molecule has 0 spiro atoms. The maximum Gasteiger partial charge on any atom is 0.255 e. The van der Waals surface area contributed by atoms with Crippen LogP contribution in [0.3, 0.4) is 0 Å². The van der Waals surface area contributed by atoms with E-state index in [9.17, 15) is 9.59 Å². The molecule has 154 valence electrons. The first-order valence-corrected chi connectivity index (χ1v) is 9.50. The van der Waals surface area contributed by atoms with Crippen molar-refractivity contribution in [2.24, 2.45) is 0 Å². The number of methoxy groups -OCH3 is 2. The van der Waals surface area contributed by atoms with Crippen LogP contribution in [0.1, 0.15) is 26.3 Å². The maximum absolute atomic E-state index is 12.8. The van der Waals surface area contributed by atoms with Gasteiger partial charge in [0.05, 0.1) is 24.9 Å². The van der Waals surface area contributed by atoms with Crippen LogP contribution in [0.25, 0.3) is 0 Å². The summed E-state index contributed by atoms with van der Waals surface area (Å²) in [5.74, 6) is 0.194. The molecule has 3 aromatic carbocycles. The van der Waals surface area contributed by atoms with Gasteiger partial charge in [-0.25, -0.2) is 0 Å². The SMILES string of the molecule is COc1cc(NC(=O)c2ccc(C)c(NC(=O)c3ccccc3)c2)c(OC)cc1Cl. The lowest BCUT2D eigenvalue weighted by Crippen LogP contribution is -2.16. The van der Waals surface area contributed by atoms with Crippen LogP contribution in [0.15, 0.2) is 60.7 Å². The van der Waals surface area contributed by atoms with Gasteiger partial charge in [-0.3, -0.25) is 9.59 Å². The minimum atomic E-state index is -0.368. The van der Waals surface area contributed by atoms with E-state index in [1.54, 1.807) is 54.6 Å². The second-order valence-corrected chi connectivity index (χ2v) is 6.90. The van der Waals surface area contributed by atoms with E-state index in [1.165, 1.54) is 14.2 Å². The molecule has 30 heavy (non-hydrogen) atoms. The molecule has 0 heterocycles. The highest BCUT2D eigenvalue weighted by molar-refractivity contribution is 6.32. The Morgan fingerprint density at radius 3 is 2.07 bits per heavy atom. The van der Waals surface area contributed by atoms with Gasteiger partial charge in [-0.2, -0.15) is 0 Å². The molecule has 0 unspecified atom stereocenters. The normalized spacial score (nSPS) is 10.3. The molecule has 0 radical (unpaired) electrons. The molecule has 0 aliphatic heterocycles. The van der Waals surface area contributed by atoms with Crippen molar-refractivity contribution in [2.45, 2.75) is 6.92 Å². The van der Waals surface area contributed by atoms with E-state index in [1.807, 2.05) is 13.0 Å². The summed E-state index contributed by atoms with van der Waals surface area (Å²) < 4.78 is 10.5. The molecule has 0 saturated carbocycles. The van der Waals surface area contributed by atoms with Crippen molar-refractivity contribution in [2.75, 3.05) is 24.9 Å². The molecule has 0 aliphatic rings. The van der Waals surface area contributed by atoms with Crippen LogP contribution in [0, 0.1) is 6.92 Å². The smallest absolute Gasteiger partial charge is 0.255 e. The number of anilines is 2. The summed E-state index contributed by atoms with van der Waals surface area (Å²) in [6.45, 7) is 1.86. The van der Waals surface area contributed by atoms with Crippen LogP contribution in [0.5, 0.6) is 11.5 Å². The van der Waals surface area contributed by atoms with Gasteiger partial charge in [0.15, 0.2) is 0 Å². The number of rotatable bonds is 6. The molecule has 0 saturated heterocycles. The number of nitrogens with one attached hydrogen (secondary N) is 2. The van der Waals surface area contributed by atoms with Crippen LogP contribution in [0.4, 0.5) is 11.4 Å². The molecule has 0 bridgehead atoms. The largest absolute Gasteiger partial charge is 0.495 e. The molecule has 2 amide bonds. The molecule has 3 aromatic rings. The van der Waals surface area contributed by atoms with E-state index >= 15 is 0 Å². The van der Waals surface area contributed by atoms with Crippen LogP contribution >= 0.6 is 11.6 Å². The fourth-order valence-electron chi connectivity index (χ4n) is 2.83. The molecule has 6 nitrogen and oxygen atoms in total. The van der Waals surface area contributed by atoms with Gasteiger partial charge < -0.3 is 20.1 Å². The fraction of sp³-hybridized carbons (Fsp3) is 0.130. The summed E-state index contributed by atoms with van der Waals surface area (Å²) in [6.07, 6.45) is 0. The van der Waals surface area contributed by atoms with E-state index in [0.717, 1.165) is 5.56 Å². The monoisotopic (exact) mass is 424 g/mol. The zero-order chi connectivity index (χ0) is 21.7. The van der Waals surface area contributed by atoms with Gasteiger partial charge in [0.1, 0.15) is 11.5 Å². The second kappa shape index (κ2) is 9.33. The molecular weight excluding hydrogens is 404 g/mol. The van der Waals surface area contributed by atoms with Gasteiger partial charge in [0.25, 0.3) is 11.8 Å². The number of benzene rings is 3. The summed E-state index contributed by atoms with van der Waals surface area (Å²) in [4.78, 5) is 25.3. The van der Waals surface area contributed by atoms with E-state index in [-0.39, 0.29) is 11.8 Å². The minimum Gasteiger partial charge on any atom is -0.495 e. The molecule has 0 aromatic heterocycles. The number of hydrogen-bond donors (Lipinski definition) is 2. The summed E-state index contributed by atoms with van der Waals surface area (Å²) in [5, 5.41) is 6.02. The molecule has 0 atom stereocenters. The summed E-state index contributed by atoms with van der Waals surface area (Å²) in [5.41, 5.74) is 2.71. The lowest BCUT2D eigenvalue weighted by atomic mass is 10.1. The topological polar surface area (TPSA) is 76.7 Å². The van der Waals surface area contributed by atoms with Gasteiger partial charge in [-0.1, -0.05) is 35.9 Å². The van der Waals surface area contributed by atoms with Crippen LogP contribution < -0.4 is 20.1 Å². The van der Waals surface area contributed by atoms with Crippen molar-refractivity contribution >= 4 is 34.8 Å². The van der Waals surface area contributed by atoms with E-state index in [2.05, 4.69) is 10.6 Å². The van der Waals surface area contributed by atoms with Gasteiger partial charge in [0.2, 0.25) is 0 Å².